The summed E-state index contributed by atoms with van der Waals surface area (Å²) in [6, 6.07) is 7.33. The smallest absolute Gasteiger partial charge is 0.225 e. The van der Waals surface area contributed by atoms with E-state index in [1.807, 2.05) is 38.4 Å². The second-order valence-electron chi connectivity index (χ2n) is 5.48. The first-order chi connectivity index (χ1) is 10.0. The standard InChI is InChI=1S/C16H27N3O2/c1-4-5-13(17)12-16(20)18-14-6-8-15(9-7-14)21-11-10-19(2)3/h6-9,13H,4-5,10-12,17H2,1-3H3,(H,18,20). The Balaban J connectivity index is 2.38. The van der Waals surface area contributed by atoms with Gasteiger partial charge in [-0.1, -0.05) is 13.3 Å². The lowest BCUT2D eigenvalue weighted by Gasteiger charge is -2.12. The summed E-state index contributed by atoms with van der Waals surface area (Å²) < 4.78 is 5.60. The SMILES string of the molecule is CCCC(N)CC(=O)Nc1ccc(OCCN(C)C)cc1. The molecular weight excluding hydrogens is 266 g/mol. The topological polar surface area (TPSA) is 67.6 Å². The molecule has 0 aliphatic heterocycles. The van der Waals surface area contributed by atoms with Gasteiger partial charge in [0.05, 0.1) is 0 Å². The number of benzene rings is 1. The van der Waals surface area contributed by atoms with Crippen LogP contribution in [-0.2, 0) is 4.79 Å². The number of hydrogen-bond acceptors (Lipinski definition) is 4. The molecule has 0 heterocycles. The monoisotopic (exact) mass is 293 g/mol. The second kappa shape index (κ2) is 9.37. The molecule has 0 aliphatic rings. The predicted molar refractivity (Wildman–Crippen MR) is 86.6 cm³/mol. The van der Waals surface area contributed by atoms with E-state index in [0.29, 0.717) is 13.0 Å². The van der Waals surface area contributed by atoms with E-state index in [-0.39, 0.29) is 11.9 Å². The molecule has 1 unspecified atom stereocenters. The molecule has 3 N–H and O–H groups in total. The third-order valence-corrected chi connectivity index (χ3v) is 3.05. The van der Waals surface area contributed by atoms with Crippen molar-refractivity contribution in [1.82, 2.24) is 4.90 Å². The zero-order chi connectivity index (χ0) is 15.7. The summed E-state index contributed by atoms with van der Waals surface area (Å²) in [6.45, 7) is 3.57. The number of nitrogens with zero attached hydrogens (tertiary/aromatic N) is 1. The molecule has 0 saturated carbocycles. The Morgan fingerprint density at radius 3 is 2.57 bits per heavy atom. The zero-order valence-electron chi connectivity index (χ0n) is 13.3. The van der Waals surface area contributed by atoms with Crippen molar-refractivity contribution in [2.24, 2.45) is 5.73 Å². The number of ether oxygens (including phenoxy) is 1. The Labute approximate surface area is 127 Å². The Kier molecular flexibility index (Phi) is 7.79. The lowest BCUT2D eigenvalue weighted by atomic mass is 10.1. The molecule has 0 radical (unpaired) electrons. The first kappa shape index (κ1) is 17.5. The predicted octanol–water partition coefficient (Wildman–Crippen LogP) is 2.08. The van der Waals surface area contributed by atoms with E-state index in [1.54, 1.807) is 0 Å². The summed E-state index contributed by atoms with van der Waals surface area (Å²) in [5.74, 6) is 0.759. The summed E-state index contributed by atoms with van der Waals surface area (Å²) in [5, 5.41) is 2.85. The largest absolute Gasteiger partial charge is 0.492 e. The van der Waals surface area contributed by atoms with Gasteiger partial charge >= 0.3 is 0 Å². The van der Waals surface area contributed by atoms with Crippen molar-refractivity contribution in [2.45, 2.75) is 32.2 Å². The number of nitrogens with one attached hydrogen (secondary N) is 1. The van der Waals surface area contributed by atoms with Gasteiger partial charge in [0.25, 0.3) is 0 Å². The van der Waals surface area contributed by atoms with Gasteiger partial charge in [-0.15, -0.1) is 0 Å². The Morgan fingerprint density at radius 2 is 2.00 bits per heavy atom. The van der Waals surface area contributed by atoms with E-state index in [1.165, 1.54) is 0 Å². The van der Waals surface area contributed by atoms with Gasteiger partial charge in [0.2, 0.25) is 5.91 Å². The lowest BCUT2D eigenvalue weighted by Crippen LogP contribution is -2.26. The van der Waals surface area contributed by atoms with Gasteiger partial charge in [-0.2, -0.15) is 0 Å². The van der Waals surface area contributed by atoms with Crippen LogP contribution in [0.2, 0.25) is 0 Å². The highest BCUT2D eigenvalue weighted by Crippen LogP contribution is 2.16. The number of likely N-dealkylation sites (N-methyl/N-ethyl adjacent to an activating group) is 1. The first-order valence-corrected chi connectivity index (χ1v) is 7.44. The van der Waals surface area contributed by atoms with Crippen LogP contribution >= 0.6 is 0 Å². The zero-order valence-corrected chi connectivity index (χ0v) is 13.3. The van der Waals surface area contributed by atoms with Crippen LogP contribution in [0.25, 0.3) is 0 Å². The normalized spacial score (nSPS) is 12.2. The molecule has 21 heavy (non-hydrogen) atoms. The summed E-state index contributed by atoms with van der Waals surface area (Å²) in [7, 11) is 4.01. The van der Waals surface area contributed by atoms with Crippen LogP contribution in [0.3, 0.4) is 0 Å². The third-order valence-electron chi connectivity index (χ3n) is 3.05. The van der Waals surface area contributed by atoms with Gasteiger partial charge < -0.3 is 20.7 Å². The van der Waals surface area contributed by atoms with Crippen molar-refractivity contribution in [3.8, 4) is 5.75 Å². The van der Waals surface area contributed by atoms with Crippen LogP contribution in [-0.4, -0.2) is 44.1 Å². The van der Waals surface area contributed by atoms with Crippen molar-refractivity contribution >= 4 is 11.6 Å². The number of rotatable bonds is 9. The van der Waals surface area contributed by atoms with Gasteiger partial charge in [0.15, 0.2) is 0 Å². The fourth-order valence-corrected chi connectivity index (χ4v) is 1.90. The van der Waals surface area contributed by atoms with Crippen molar-refractivity contribution < 1.29 is 9.53 Å². The number of nitrogens with two attached hydrogens (primary N) is 1. The third kappa shape index (κ3) is 7.68. The van der Waals surface area contributed by atoms with Crippen LogP contribution in [0.4, 0.5) is 5.69 Å². The van der Waals surface area contributed by atoms with Crippen LogP contribution in [0.15, 0.2) is 24.3 Å². The lowest BCUT2D eigenvalue weighted by molar-refractivity contribution is -0.116. The maximum absolute atomic E-state index is 11.8. The molecule has 0 aromatic heterocycles. The first-order valence-electron chi connectivity index (χ1n) is 7.44. The van der Waals surface area contributed by atoms with Gasteiger partial charge in [0.1, 0.15) is 12.4 Å². The molecule has 1 amide bonds. The molecule has 5 heteroatoms. The van der Waals surface area contributed by atoms with E-state index in [0.717, 1.165) is 30.8 Å². The van der Waals surface area contributed by atoms with Crippen molar-refractivity contribution in [2.75, 3.05) is 32.6 Å². The average Bonchev–Trinajstić information content (AvgIpc) is 2.40. The number of amides is 1. The molecule has 5 nitrogen and oxygen atoms in total. The maximum Gasteiger partial charge on any atom is 0.225 e. The molecule has 0 saturated heterocycles. The quantitative estimate of drug-likeness (QED) is 0.731. The minimum atomic E-state index is -0.0661. The van der Waals surface area contributed by atoms with Gasteiger partial charge in [-0.3, -0.25) is 4.79 Å². The Hall–Kier alpha value is -1.59. The summed E-state index contributed by atoms with van der Waals surface area (Å²) in [5.41, 5.74) is 6.62. The van der Waals surface area contributed by atoms with Crippen LogP contribution in [0.1, 0.15) is 26.2 Å². The highest BCUT2D eigenvalue weighted by molar-refractivity contribution is 5.91. The van der Waals surface area contributed by atoms with E-state index in [2.05, 4.69) is 17.1 Å². The van der Waals surface area contributed by atoms with E-state index in [4.69, 9.17) is 10.5 Å². The number of hydrogen-bond donors (Lipinski definition) is 2. The highest BCUT2D eigenvalue weighted by atomic mass is 16.5. The molecule has 0 fully saturated rings. The van der Waals surface area contributed by atoms with E-state index >= 15 is 0 Å². The molecular formula is C16H27N3O2. The number of anilines is 1. The van der Waals surface area contributed by atoms with Crippen molar-refractivity contribution in [1.29, 1.82) is 0 Å². The van der Waals surface area contributed by atoms with E-state index < -0.39 is 0 Å². The molecule has 0 aliphatic carbocycles. The summed E-state index contributed by atoms with van der Waals surface area (Å²) in [6.07, 6.45) is 2.22. The summed E-state index contributed by atoms with van der Waals surface area (Å²) >= 11 is 0. The van der Waals surface area contributed by atoms with Crippen molar-refractivity contribution in [3.63, 3.8) is 0 Å². The second-order valence-corrected chi connectivity index (χ2v) is 5.48. The van der Waals surface area contributed by atoms with Gasteiger partial charge in [-0.25, -0.2) is 0 Å². The van der Waals surface area contributed by atoms with Crippen LogP contribution in [0, 0.1) is 0 Å². The van der Waals surface area contributed by atoms with E-state index in [9.17, 15) is 4.79 Å². The Morgan fingerprint density at radius 1 is 1.33 bits per heavy atom. The fraction of sp³-hybridized carbons (Fsp3) is 0.562. The molecule has 0 spiro atoms. The molecule has 1 atom stereocenters. The van der Waals surface area contributed by atoms with Gasteiger partial charge in [-0.05, 0) is 44.8 Å². The minimum Gasteiger partial charge on any atom is -0.492 e. The van der Waals surface area contributed by atoms with Gasteiger partial charge in [0, 0.05) is 24.7 Å². The fourth-order valence-electron chi connectivity index (χ4n) is 1.90. The van der Waals surface area contributed by atoms with Crippen LogP contribution in [0.5, 0.6) is 5.75 Å². The molecule has 1 rings (SSSR count). The summed E-state index contributed by atoms with van der Waals surface area (Å²) in [4.78, 5) is 13.9. The average molecular weight is 293 g/mol. The molecule has 118 valence electrons. The molecule has 1 aromatic rings. The van der Waals surface area contributed by atoms with Crippen molar-refractivity contribution in [3.05, 3.63) is 24.3 Å². The highest BCUT2D eigenvalue weighted by Gasteiger charge is 2.08. The molecule has 1 aromatic carbocycles. The van der Waals surface area contributed by atoms with Crippen LogP contribution < -0.4 is 15.8 Å². The molecule has 0 bridgehead atoms. The number of carbonyl (C=O) groups excluding carboxylic acids is 1. The minimum absolute atomic E-state index is 0.0442. The Bertz CT molecular complexity index is 418. The maximum atomic E-state index is 11.8. The number of carbonyl (C=O) groups is 1.